The average Bonchev–Trinajstić information content (AvgIpc) is 2.46. The first kappa shape index (κ1) is 15.9. The van der Waals surface area contributed by atoms with Crippen molar-refractivity contribution in [2.45, 2.75) is 44.4 Å². The minimum absolute atomic E-state index is 0.0398. The van der Waals surface area contributed by atoms with E-state index in [1.54, 1.807) is 18.2 Å². The summed E-state index contributed by atoms with van der Waals surface area (Å²) in [6.45, 7) is 0.406. The number of carbonyl (C=O) groups excluding carboxylic acids is 1. The summed E-state index contributed by atoms with van der Waals surface area (Å²) in [5, 5.41) is 12.7. The van der Waals surface area contributed by atoms with Crippen LogP contribution < -0.4 is 5.32 Å². The maximum atomic E-state index is 13.4. The third-order valence-electron chi connectivity index (χ3n) is 4.09. The molecule has 0 heterocycles. The number of nitrogens with zero attached hydrogens (tertiary/aromatic N) is 1. The zero-order chi connectivity index (χ0) is 15.2. The Kier molecular flexibility index (Phi) is 5.70. The Morgan fingerprint density at radius 3 is 2.81 bits per heavy atom. The largest absolute Gasteiger partial charge is 0.391 e. The van der Waals surface area contributed by atoms with Crippen molar-refractivity contribution in [1.82, 2.24) is 10.2 Å². The molecule has 0 radical (unpaired) electrons. The maximum absolute atomic E-state index is 13.4. The van der Waals surface area contributed by atoms with Gasteiger partial charge in [0, 0.05) is 18.2 Å². The van der Waals surface area contributed by atoms with Gasteiger partial charge in [0.05, 0.1) is 12.6 Å². The van der Waals surface area contributed by atoms with Crippen LogP contribution in [-0.4, -0.2) is 41.7 Å². The van der Waals surface area contributed by atoms with Gasteiger partial charge in [-0.2, -0.15) is 0 Å². The van der Waals surface area contributed by atoms with E-state index in [2.05, 4.69) is 5.32 Å². The van der Waals surface area contributed by atoms with Crippen molar-refractivity contribution in [3.63, 3.8) is 0 Å². The van der Waals surface area contributed by atoms with Crippen LogP contribution in [0, 0.1) is 5.82 Å². The van der Waals surface area contributed by atoms with Gasteiger partial charge in [-0.25, -0.2) is 4.39 Å². The highest BCUT2D eigenvalue weighted by Crippen LogP contribution is 2.22. The smallest absolute Gasteiger partial charge is 0.234 e. The third kappa shape index (κ3) is 4.51. The molecule has 1 fully saturated rings. The molecule has 4 nitrogen and oxygen atoms in total. The highest BCUT2D eigenvalue weighted by molar-refractivity contribution is 5.78. The summed E-state index contributed by atoms with van der Waals surface area (Å²) in [5.41, 5.74) is 0.478. The fraction of sp³-hybridized carbons (Fsp3) is 0.562. The summed E-state index contributed by atoms with van der Waals surface area (Å²) >= 11 is 0. The van der Waals surface area contributed by atoms with E-state index in [-0.39, 0.29) is 37.0 Å². The number of aliphatic hydroxyl groups excluding tert-OH is 1. The van der Waals surface area contributed by atoms with Gasteiger partial charge in [0.2, 0.25) is 5.91 Å². The topological polar surface area (TPSA) is 52.6 Å². The molecule has 0 bridgehead atoms. The number of likely N-dealkylation sites (N-methyl/N-ethyl adjacent to an activating group) is 1. The number of hydrogen-bond donors (Lipinski definition) is 2. The molecule has 2 rings (SSSR count). The summed E-state index contributed by atoms with van der Waals surface area (Å²) in [7, 11) is 1.85. The van der Waals surface area contributed by atoms with Gasteiger partial charge in [-0.3, -0.25) is 9.69 Å². The van der Waals surface area contributed by atoms with E-state index in [1.807, 2.05) is 11.9 Å². The van der Waals surface area contributed by atoms with Crippen LogP contribution in [0.2, 0.25) is 0 Å². The summed E-state index contributed by atoms with van der Waals surface area (Å²) in [6, 6.07) is 6.45. The lowest BCUT2D eigenvalue weighted by atomic mass is 9.91. The molecule has 0 aliphatic heterocycles. The van der Waals surface area contributed by atoms with Gasteiger partial charge in [-0.05, 0) is 26.0 Å². The first-order valence-corrected chi connectivity index (χ1v) is 7.46. The van der Waals surface area contributed by atoms with E-state index in [0.29, 0.717) is 5.56 Å². The van der Waals surface area contributed by atoms with E-state index in [9.17, 15) is 14.3 Å². The van der Waals surface area contributed by atoms with Gasteiger partial charge in [0.15, 0.2) is 0 Å². The highest BCUT2D eigenvalue weighted by atomic mass is 19.1. The quantitative estimate of drug-likeness (QED) is 0.868. The van der Waals surface area contributed by atoms with Crippen LogP contribution in [-0.2, 0) is 11.3 Å². The Morgan fingerprint density at radius 2 is 2.10 bits per heavy atom. The molecule has 21 heavy (non-hydrogen) atoms. The molecule has 0 spiro atoms. The number of carbonyl (C=O) groups is 1. The lowest BCUT2D eigenvalue weighted by molar-refractivity contribution is -0.123. The van der Waals surface area contributed by atoms with Crippen molar-refractivity contribution >= 4 is 5.91 Å². The predicted molar refractivity (Wildman–Crippen MR) is 79.1 cm³/mol. The number of nitrogens with one attached hydrogen (secondary N) is 1. The maximum Gasteiger partial charge on any atom is 0.234 e. The third-order valence-corrected chi connectivity index (χ3v) is 4.09. The molecule has 1 amide bonds. The minimum Gasteiger partial charge on any atom is -0.391 e. The molecule has 1 aromatic rings. The lowest BCUT2D eigenvalue weighted by Gasteiger charge is -2.34. The molecule has 0 saturated heterocycles. The molecule has 1 aromatic carbocycles. The first-order valence-electron chi connectivity index (χ1n) is 7.46. The van der Waals surface area contributed by atoms with Gasteiger partial charge >= 0.3 is 0 Å². The summed E-state index contributed by atoms with van der Waals surface area (Å²) in [4.78, 5) is 13.8. The number of rotatable bonds is 5. The fourth-order valence-corrected chi connectivity index (χ4v) is 2.84. The average molecular weight is 294 g/mol. The molecule has 2 N–H and O–H groups in total. The number of amides is 1. The second-order valence-electron chi connectivity index (χ2n) is 5.70. The number of benzene rings is 1. The molecule has 2 unspecified atom stereocenters. The van der Waals surface area contributed by atoms with E-state index >= 15 is 0 Å². The lowest BCUT2D eigenvalue weighted by Crippen LogP contribution is -2.47. The molecule has 1 saturated carbocycles. The number of halogens is 1. The highest BCUT2D eigenvalue weighted by Gasteiger charge is 2.27. The first-order chi connectivity index (χ1) is 10.1. The van der Waals surface area contributed by atoms with Crippen molar-refractivity contribution in [2.24, 2.45) is 0 Å². The molecule has 1 aliphatic carbocycles. The zero-order valence-electron chi connectivity index (χ0n) is 12.4. The van der Waals surface area contributed by atoms with Crippen molar-refractivity contribution in [3.8, 4) is 0 Å². The standard InChI is InChI=1S/C16H23FN2O2/c1-19(14-8-4-5-9-15(14)20)11-16(21)18-10-12-6-2-3-7-13(12)17/h2-3,6-7,14-15,20H,4-5,8-11H2,1H3,(H,18,21). The summed E-state index contributed by atoms with van der Waals surface area (Å²) < 4.78 is 13.4. The van der Waals surface area contributed by atoms with Crippen LogP contribution in [0.25, 0.3) is 0 Å². The Morgan fingerprint density at radius 1 is 1.38 bits per heavy atom. The number of hydrogen-bond acceptors (Lipinski definition) is 3. The van der Waals surface area contributed by atoms with Gasteiger partial charge in [0.25, 0.3) is 0 Å². The van der Waals surface area contributed by atoms with E-state index in [1.165, 1.54) is 6.07 Å². The minimum atomic E-state index is -0.358. The van der Waals surface area contributed by atoms with Crippen LogP contribution in [0.1, 0.15) is 31.2 Å². The van der Waals surface area contributed by atoms with Crippen molar-refractivity contribution in [3.05, 3.63) is 35.6 Å². The van der Waals surface area contributed by atoms with Gasteiger partial charge in [0.1, 0.15) is 5.82 Å². The predicted octanol–water partition coefficient (Wildman–Crippen LogP) is 1.68. The Hall–Kier alpha value is -1.46. The SMILES string of the molecule is CN(CC(=O)NCc1ccccc1F)C1CCCCC1O. The number of aliphatic hydroxyl groups is 1. The van der Waals surface area contributed by atoms with Crippen LogP contribution in [0.3, 0.4) is 0 Å². The second-order valence-corrected chi connectivity index (χ2v) is 5.70. The van der Waals surface area contributed by atoms with E-state index in [4.69, 9.17) is 0 Å². The fourth-order valence-electron chi connectivity index (χ4n) is 2.84. The zero-order valence-corrected chi connectivity index (χ0v) is 12.4. The second kappa shape index (κ2) is 7.52. The molecular formula is C16H23FN2O2. The van der Waals surface area contributed by atoms with Crippen molar-refractivity contribution < 1.29 is 14.3 Å². The molecule has 5 heteroatoms. The van der Waals surface area contributed by atoms with Crippen LogP contribution in [0.5, 0.6) is 0 Å². The summed E-state index contributed by atoms with van der Waals surface area (Å²) in [6.07, 6.45) is 3.49. The monoisotopic (exact) mass is 294 g/mol. The Labute approximate surface area is 125 Å². The van der Waals surface area contributed by atoms with Gasteiger partial charge < -0.3 is 10.4 Å². The summed E-state index contributed by atoms with van der Waals surface area (Å²) in [5.74, 6) is -0.465. The van der Waals surface area contributed by atoms with E-state index < -0.39 is 0 Å². The molecule has 116 valence electrons. The Balaban J connectivity index is 1.80. The van der Waals surface area contributed by atoms with Gasteiger partial charge in [-0.15, -0.1) is 0 Å². The molecule has 0 aromatic heterocycles. The molecule has 1 aliphatic rings. The molecular weight excluding hydrogens is 271 g/mol. The van der Waals surface area contributed by atoms with Crippen molar-refractivity contribution in [1.29, 1.82) is 0 Å². The van der Waals surface area contributed by atoms with Crippen LogP contribution in [0.4, 0.5) is 4.39 Å². The van der Waals surface area contributed by atoms with Crippen LogP contribution in [0.15, 0.2) is 24.3 Å². The van der Waals surface area contributed by atoms with Gasteiger partial charge in [-0.1, -0.05) is 31.0 Å². The van der Waals surface area contributed by atoms with Crippen molar-refractivity contribution in [2.75, 3.05) is 13.6 Å². The molecule has 2 atom stereocenters. The van der Waals surface area contributed by atoms with E-state index in [0.717, 1.165) is 25.7 Å². The normalized spacial score (nSPS) is 22.3. The Bertz CT molecular complexity index is 481. The van der Waals surface area contributed by atoms with Crippen LogP contribution >= 0.6 is 0 Å².